The Hall–Kier alpha value is -1.37. The van der Waals surface area contributed by atoms with E-state index in [-0.39, 0.29) is 0 Å². The van der Waals surface area contributed by atoms with Crippen LogP contribution in [0.5, 0.6) is 11.6 Å². The highest BCUT2D eigenvalue weighted by Crippen LogP contribution is 2.21. The standard InChI is InChI=1S/C12H12IN3O/c1-2-15-11-7-14-8-12(16-11)17-10-5-3-4-9(13)6-10/h3-8H,2H2,1H3,(H,15,16). The van der Waals surface area contributed by atoms with Crippen LogP contribution in [0.2, 0.25) is 0 Å². The number of rotatable bonds is 4. The molecule has 2 aromatic rings. The first kappa shape index (κ1) is 12.1. The van der Waals surface area contributed by atoms with E-state index in [1.165, 1.54) is 0 Å². The molecule has 88 valence electrons. The second kappa shape index (κ2) is 5.81. The van der Waals surface area contributed by atoms with Crippen molar-refractivity contribution in [3.05, 3.63) is 40.2 Å². The van der Waals surface area contributed by atoms with Crippen molar-refractivity contribution in [3.8, 4) is 11.6 Å². The average Bonchev–Trinajstić information content (AvgIpc) is 2.30. The molecule has 0 radical (unpaired) electrons. The Morgan fingerprint density at radius 2 is 2.24 bits per heavy atom. The van der Waals surface area contributed by atoms with Crippen molar-refractivity contribution in [1.29, 1.82) is 0 Å². The SMILES string of the molecule is CCNc1cncc(Oc2cccc(I)c2)n1. The molecule has 0 saturated heterocycles. The van der Waals surface area contributed by atoms with Crippen LogP contribution in [-0.2, 0) is 0 Å². The highest BCUT2D eigenvalue weighted by Gasteiger charge is 2.01. The molecule has 0 amide bonds. The Bertz CT molecular complexity index is 505. The second-order valence-electron chi connectivity index (χ2n) is 3.33. The molecule has 0 atom stereocenters. The first-order valence-electron chi connectivity index (χ1n) is 5.27. The first-order valence-corrected chi connectivity index (χ1v) is 6.35. The van der Waals surface area contributed by atoms with E-state index >= 15 is 0 Å². The van der Waals surface area contributed by atoms with E-state index in [4.69, 9.17) is 4.74 Å². The van der Waals surface area contributed by atoms with Gasteiger partial charge in [0.05, 0.1) is 12.4 Å². The van der Waals surface area contributed by atoms with E-state index in [2.05, 4.69) is 37.9 Å². The van der Waals surface area contributed by atoms with Crippen molar-refractivity contribution in [3.63, 3.8) is 0 Å². The van der Waals surface area contributed by atoms with Gasteiger partial charge in [0, 0.05) is 10.1 Å². The van der Waals surface area contributed by atoms with Crippen molar-refractivity contribution < 1.29 is 4.74 Å². The monoisotopic (exact) mass is 341 g/mol. The minimum atomic E-state index is 0.491. The lowest BCUT2D eigenvalue weighted by Crippen LogP contribution is -2.00. The number of anilines is 1. The van der Waals surface area contributed by atoms with Gasteiger partial charge in [0.1, 0.15) is 11.6 Å². The van der Waals surface area contributed by atoms with Gasteiger partial charge in [-0.25, -0.2) is 0 Å². The summed E-state index contributed by atoms with van der Waals surface area (Å²) < 4.78 is 6.75. The Labute approximate surface area is 114 Å². The van der Waals surface area contributed by atoms with E-state index in [0.717, 1.165) is 21.7 Å². The van der Waals surface area contributed by atoms with Crippen molar-refractivity contribution >= 4 is 28.4 Å². The normalized spacial score (nSPS) is 10.0. The lowest BCUT2D eigenvalue weighted by molar-refractivity contribution is 0.460. The zero-order chi connectivity index (χ0) is 12.1. The molecule has 1 heterocycles. The van der Waals surface area contributed by atoms with Crippen LogP contribution in [0.1, 0.15) is 6.92 Å². The topological polar surface area (TPSA) is 47.0 Å². The number of nitrogens with zero attached hydrogens (tertiary/aromatic N) is 2. The molecule has 0 unspecified atom stereocenters. The number of aromatic nitrogens is 2. The average molecular weight is 341 g/mol. The van der Waals surface area contributed by atoms with Crippen LogP contribution in [-0.4, -0.2) is 16.5 Å². The summed E-state index contributed by atoms with van der Waals surface area (Å²) >= 11 is 2.24. The summed E-state index contributed by atoms with van der Waals surface area (Å²) in [5.74, 6) is 1.97. The smallest absolute Gasteiger partial charge is 0.239 e. The molecule has 0 aliphatic heterocycles. The van der Waals surface area contributed by atoms with Gasteiger partial charge >= 0.3 is 0 Å². The van der Waals surface area contributed by atoms with E-state index < -0.39 is 0 Å². The highest BCUT2D eigenvalue weighted by molar-refractivity contribution is 14.1. The third kappa shape index (κ3) is 3.55. The zero-order valence-corrected chi connectivity index (χ0v) is 11.5. The van der Waals surface area contributed by atoms with Gasteiger partial charge < -0.3 is 10.1 Å². The molecule has 2 rings (SSSR count). The highest BCUT2D eigenvalue weighted by atomic mass is 127. The van der Waals surface area contributed by atoms with Crippen LogP contribution in [0.3, 0.4) is 0 Å². The van der Waals surface area contributed by atoms with Gasteiger partial charge in [0.15, 0.2) is 0 Å². The summed E-state index contributed by atoms with van der Waals surface area (Å²) in [6.07, 6.45) is 3.27. The maximum Gasteiger partial charge on any atom is 0.239 e. The minimum absolute atomic E-state index is 0.491. The number of ether oxygens (including phenoxy) is 1. The van der Waals surface area contributed by atoms with Gasteiger partial charge in [0.25, 0.3) is 0 Å². The number of benzene rings is 1. The molecule has 1 aromatic heterocycles. The lowest BCUT2D eigenvalue weighted by atomic mass is 10.3. The summed E-state index contributed by atoms with van der Waals surface area (Å²) in [5, 5.41) is 3.09. The summed E-state index contributed by atoms with van der Waals surface area (Å²) in [7, 11) is 0. The van der Waals surface area contributed by atoms with Crippen LogP contribution < -0.4 is 10.1 Å². The Morgan fingerprint density at radius 3 is 3.00 bits per heavy atom. The van der Waals surface area contributed by atoms with Crippen molar-refractivity contribution in [2.45, 2.75) is 6.92 Å². The largest absolute Gasteiger partial charge is 0.437 e. The molecule has 0 aliphatic rings. The third-order valence-electron chi connectivity index (χ3n) is 1.99. The summed E-state index contributed by atoms with van der Waals surface area (Å²) in [6, 6.07) is 7.79. The Morgan fingerprint density at radius 1 is 1.35 bits per heavy atom. The number of halogens is 1. The van der Waals surface area contributed by atoms with Gasteiger partial charge in [-0.3, -0.25) is 4.98 Å². The Balaban J connectivity index is 2.15. The molecule has 0 spiro atoms. The molecule has 0 fully saturated rings. The molecule has 5 heteroatoms. The number of nitrogens with one attached hydrogen (secondary N) is 1. The maximum absolute atomic E-state index is 5.63. The molecule has 1 N–H and O–H groups in total. The van der Waals surface area contributed by atoms with Gasteiger partial charge in [-0.15, -0.1) is 0 Å². The summed E-state index contributed by atoms with van der Waals surface area (Å²) in [5.41, 5.74) is 0. The fourth-order valence-electron chi connectivity index (χ4n) is 1.31. The quantitative estimate of drug-likeness (QED) is 0.867. The van der Waals surface area contributed by atoms with Crippen LogP contribution >= 0.6 is 22.6 Å². The molecule has 0 aliphatic carbocycles. The van der Waals surface area contributed by atoms with E-state index in [1.807, 2.05) is 31.2 Å². The minimum Gasteiger partial charge on any atom is -0.437 e. The maximum atomic E-state index is 5.63. The van der Waals surface area contributed by atoms with E-state index in [0.29, 0.717) is 5.88 Å². The molecular formula is C12H12IN3O. The predicted molar refractivity (Wildman–Crippen MR) is 75.4 cm³/mol. The number of hydrogen-bond donors (Lipinski definition) is 1. The van der Waals surface area contributed by atoms with Gasteiger partial charge in [-0.1, -0.05) is 6.07 Å². The van der Waals surface area contributed by atoms with Crippen LogP contribution in [0, 0.1) is 3.57 Å². The van der Waals surface area contributed by atoms with Crippen molar-refractivity contribution in [2.75, 3.05) is 11.9 Å². The van der Waals surface area contributed by atoms with Crippen LogP contribution in [0.15, 0.2) is 36.7 Å². The molecule has 4 nitrogen and oxygen atoms in total. The second-order valence-corrected chi connectivity index (χ2v) is 4.58. The van der Waals surface area contributed by atoms with Crippen LogP contribution in [0.25, 0.3) is 0 Å². The molecule has 1 aromatic carbocycles. The lowest BCUT2D eigenvalue weighted by Gasteiger charge is -2.06. The Kier molecular flexibility index (Phi) is 4.13. The predicted octanol–water partition coefficient (Wildman–Crippen LogP) is 3.31. The summed E-state index contributed by atoms with van der Waals surface area (Å²) in [4.78, 5) is 8.36. The fraction of sp³-hybridized carbons (Fsp3) is 0.167. The molecule has 0 bridgehead atoms. The van der Waals surface area contributed by atoms with Gasteiger partial charge in [-0.2, -0.15) is 4.98 Å². The fourth-order valence-corrected chi connectivity index (χ4v) is 1.83. The van der Waals surface area contributed by atoms with Crippen molar-refractivity contribution in [1.82, 2.24) is 9.97 Å². The van der Waals surface area contributed by atoms with Crippen molar-refractivity contribution in [2.24, 2.45) is 0 Å². The van der Waals surface area contributed by atoms with Crippen LogP contribution in [0.4, 0.5) is 5.82 Å². The first-order chi connectivity index (χ1) is 8.28. The molecule has 17 heavy (non-hydrogen) atoms. The van der Waals surface area contributed by atoms with E-state index in [1.54, 1.807) is 12.4 Å². The zero-order valence-electron chi connectivity index (χ0n) is 9.35. The summed E-state index contributed by atoms with van der Waals surface area (Å²) in [6.45, 7) is 2.82. The molecule has 0 saturated carbocycles. The van der Waals surface area contributed by atoms with Gasteiger partial charge in [-0.05, 0) is 47.7 Å². The molecular weight excluding hydrogens is 329 g/mol. The van der Waals surface area contributed by atoms with Gasteiger partial charge in [0.2, 0.25) is 5.88 Å². The number of hydrogen-bond acceptors (Lipinski definition) is 4. The third-order valence-corrected chi connectivity index (χ3v) is 2.66. The van der Waals surface area contributed by atoms with E-state index in [9.17, 15) is 0 Å².